The van der Waals surface area contributed by atoms with E-state index in [-0.39, 0.29) is 34.8 Å². The van der Waals surface area contributed by atoms with Crippen molar-refractivity contribution in [1.82, 2.24) is 14.9 Å². The number of amides is 1. The van der Waals surface area contributed by atoms with E-state index in [9.17, 15) is 27.9 Å². The molecule has 204 valence electrons. The summed E-state index contributed by atoms with van der Waals surface area (Å²) in [6.45, 7) is 4.49. The maximum Gasteiger partial charge on any atom is 0.418 e. The van der Waals surface area contributed by atoms with Gasteiger partial charge in [0.05, 0.1) is 17.6 Å². The maximum absolute atomic E-state index is 14.2. The molecule has 0 spiro atoms. The molecule has 3 saturated heterocycles. The van der Waals surface area contributed by atoms with E-state index in [0.29, 0.717) is 30.1 Å². The number of alkyl halides is 3. The van der Waals surface area contributed by atoms with Crippen LogP contribution in [-0.4, -0.2) is 75.6 Å². The number of halogens is 3. The van der Waals surface area contributed by atoms with Crippen LogP contribution in [-0.2, 0) is 14.3 Å². The van der Waals surface area contributed by atoms with Crippen LogP contribution in [0.25, 0.3) is 21.7 Å². The Labute approximate surface area is 219 Å². The standard InChI is InChI=1S/C24H25F3N4O6S/c1-23(2,3)37-16(32)11-35-19(24(25,26)27)14-4-5-15(20-28-6-7-38-20)18-17(14)29-21(36-18)30-9-12-8-13(10-30)31(12)22(33)34/h4-7,12-13,19H,8-11H2,1-3H3,(H,33,34). The highest BCUT2D eigenvalue weighted by molar-refractivity contribution is 7.13. The van der Waals surface area contributed by atoms with Crippen LogP contribution in [0.2, 0.25) is 0 Å². The highest BCUT2D eigenvalue weighted by atomic mass is 32.1. The Morgan fingerprint density at radius 2 is 1.95 bits per heavy atom. The number of fused-ring (bicyclic) bond motifs is 3. The lowest BCUT2D eigenvalue weighted by molar-refractivity contribution is -0.226. The minimum atomic E-state index is -4.87. The van der Waals surface area contributed by atoms with Gasteiger partial charge in [-0.15, -0.1) is 11.3 Å². The fourth-order valence-electron chi connectivity index (χ4n) is 4.85. The van der Waals surface area contributed by atoms with Crippen LogP contribution in [0.15, 0.2) is 28.1 Å². The number of benzene rings is 1. The van der Waals surface area contributed by atoms with Crippen molar-refractivity contribution in [2.75, 3.05) is 24.6 Å². The normalized spacial score (nSPS) is 20.4. The first-order valence-electron chi connectivity index (χ1n) is 11.8. The van der Waals surface area contributed by atoms with E-state index in [4.69, 9.17) is 13.9 Å². The number of carbonyl (C=O) groups excluding carboxylic acids is 1. The molecule has 1 aromatic carbocycles. The zero-order chi connectivity index (χ0) is 27.4. The van der Waals surface area contributed by atoms with Gasteiger partial charge in [-0.25, -0.2) is 14.6 Å². The molecule has 6 rings (SSSR count). The largest absolute Gasteiger partial charge is 0.465 e. The molecule has 0 aliphatic carbocycles. The Bertz CT molecular complexity index is 1340. The topological polar surface area (TPSA) is 118 Å². The van der Waals surface area contributed by atoms with Gasteiger partial charge in [-0.2, -0.15) is 18.2 Å². The van der Waals surface area contributed by atoms with Gasteiger partial charge >= 0.3 is 18.2 Å². The van der Waals surface area contributed by atoms with E-state index in [1.807, 2.05) is 0 Å². The Morgan fingerprint density at radius 3 is 2.53 bits per heavy atom. The molecular formula is C24H25F3N4O6S. The number of anilines is 1. The van der Waals surface area contributed by atoms with E-state index in [1.54, 1.807) is 37.2 Å². The molecule has 2 bridgehead atoms. The van der Waals surface area contributed by atoms with Crippen LogP contribution in [0.5, 0.6) is 0 Å². The van der Waals surface area contributed by atoms with Gasteiger partial charge in [-0.05, 0) is 33.3 Å². The molecule has 10 nitrogen and oxygen atoms in total. The molecule has 0 radical (unpaired) electrons. The average molecular weight is 555 g/mol. The van der Waals surface area contributed by atoms with Gasteiger partial charge in [0.2, 0.25) is 0 Å². The molecule has 5 heterocycles. The van der Waals surface area contributed by atoms with Crippen molar-refractivity contribution in [3.05, 3.63) is 29.3 Å². The number of oxazole rings is 1. The third-order valence-corrected chi connectivity index (χ3v) is 7.08. The fourth-order valence-corrected chi connectivity index (χ4v) is 5.51. The number of aromatic nitrogens is 2. The minimum absolute atomic E-state index is 0.0754. The zero-order valence-corrected chi connectivity index (χ0v) is 21.5. The number of carboxylic acid groups (broad SMARTS) is 1. The molecule has 3 unspecified atom stereocenters. The van der Waals surface area contributed by atoms with Crippen LogP contribution in [0, 0.1) is 0 Å². The monoisotopic (exact) mass is 554 g/mol. The van der Waals surface area contributed by atoms with Crippen molar-refractivity contribution in [2.24, 2.45) is 0 Å². The summed E-state index contributed by atoms with van der Waals surface area (Å²) in [5.41, 5.74) is -0.727. The van der Waals surface area contributed by atoms with Crippen molar-refractivity contribution < 1.29 is 41.8 Å². The zero-order valence-electron chi connectivity index (χ0n) is 20.7. The second-order valence-electron chi connectivity index (χ2n) is 10.2. The van der Waals surface area contributed by atoms with Gasteiger partial charge in [-0.1, -0.05) is 6.07 Å². The van der Waals surface area contributed by atoms with E-state index in [0.717, 1.165) is 0 Å². The molecule has 1 amide bonds. The summed E-state index contributed by atoms with van der Waals surface area (Å²) in [4.78, 5) is 35.4. The van der Waals surface area contributed by atoms with Gasteiger partial charge < -0.3 is 23.9 Å². The summed E-state index contributed by atoms with van der Waals surface area (Å²) in [6, 6.07) is 2.29. The van der Waals surface area contributed by atoms with E-state index < -0.39 is 36.6 Å². The first-order valence-corrected chi connectivity index (χ1v) is 12.7. The molecule has 3 aliphatic heterocycles. The Morgan fingerprint density at radius 1 is 1.24 bits per heavy atom. The summed E-state index contributed by atoms with van der Waals surface area (Å²) in [5.74, 6) is -0.932. The number of carbonyl (C=O) groups is 2. The molecule has 1 N–H and O–H groups in total. The Kier molecular flexibility index (Phi) is 6.50. The highest BCUT2D eigenvalue weighted by Crippen LogP contribution is 2.43. The molecule has 38 heavy (non-hydrogen) atoms. The Hall–Kier alpha value is -3.39. The maximum atomic E-state index is 14.2. The van der Waals surface area contributed by atoms with Crippen LogP contribution in [0.3, 0.4) is 0 Å². The van der Waals surface area contributed by atoms with Crippen LogP contribution < -0.4 is 4.90 Å². The number of piperazine rings is 1. The summed E-state index contributed by atoms with van der Waals surface area (Å²) in [5, 5.41) is 11.6. The number of hydrogen-bond donors (Lipinski definition) is 1. The van der Waals surface area contributed by atoms with Gasteiger partial charge in [0.25, 0.3) is 6.01 Å². The third-order valence-electron chi connectivity index (χ3n) is 6.28. The molecule has 2 aromatic heterocycles. The van der Waals surface area contributed by atoms with Crippen molar-refractivity contribution in [2.45, 2.75) is 57.2 Å². The lowest BCUT2D eigenvalue weighted by Gasteiger charge is -2.54. The molecule has 0 saturated carbocycles. The smallest absolute Gasteiger partial charge is 0.418 e. The second kappa shape index (κ2) is 9.42. The first kappa shape index (κ1) is 26.2. The van der Waals surface area contributed by atoms with Gasteiger partial charge in [-0.3, -0.25) is 4.90 Å². The van der Waals surface area contributed by atoms with Crippen LogP contribution in [0.1, 0.15) is 38.9 Å². The molecule has 3 fully saturated rings. The van der Waals surface area contributed by atoms with E-state index in [1.165, 1.54) is 28.4 Å². The van der Waals surface area contributed by atoms with Gasteiger partial charge in [0, 0.05) is 30.2 Å². The predicted octanol–water partition coefficient (Wildman–Crippen LogP) is 4.85. The minimum Gasteiger partial charge on any atom is -0.465 e. The number of thiazole rings is 1. The lowest BCUT2D eigenvalue weighted by atomic mass is 9.88. The quantitative estimate of drug-likeness (QED) is 0.427. The summed E-state index contributed by atoms with van der Waals surface area (Å²) >= 11 is 1.29. The number of nitrogens with zero attached hydrogens (tertiary/aromatic N) is 4. The first-order chi connectivity index (χ1) is 17.8. The third kappa shape index (κ3) is 5.01. The SMILES string of the molecule is CC(C)(C)OC(=O)COC(c1ccc(-c2nccs2)c2oc(N3CC4CC(C3)N4C(=O)O)nc12)C(F)(F)F. The van der Waals surface area contributed by atoms with Gasteiger partial charge in [0.1, 0.15) is 22.7 Å². The van der Waals surface area contributed by atoms with Crippen molar-refractivity contribution >= 4 is 40.5 Å². The predicted molar refractivity (Wildman–Crippen MR) is 130 cm³/mol. The molecule has 3 atom stereocenters. The number of ether oxygens (including phenoxy) is 2. The number of rotatable bonds is 6. The highest BCUT2D eigenvalue weighted by Gasteiger charge is 2.49. The van der Waals surface area contributed by atoms with E-state index >= 15 is 0 Å². The molecular weight excluding hydrogens is 529 g/mol. The van der Waals surface area contributed by atoms with Crippen molar-refractivity contribution in [3.8, 4) is 10.6 Å². The summed E-state index contributed by atoms with van der Waals surface area (Å²) < 4.78 is 58.8. The van der Waals surface area contributed by atoms with Crippen molar-refractivity contribution in [3.63, 3.8) is 0 Å². The molecule has 3 aliphatic rings. The summed E-state index contributed by atoms with van der Waals surface area (Å²) in [7, 11) is 0. The average Bonchev–Trinajstić information content (AvgIpc) is 3.47. The fraction of sp³-hybridized carbons (Fsp3) is 0.500. The van der Waals surface area contributed by atoms with Crippen LogP contribution in [0.4, 0.5) is 24.0 Å². The second-order valence-corrected chi connectivity index (χ2v) is 11.1. The number of piperidine rings is 1. The molecule has 14 heteroatoms. The summed E-state index contributed by atoms with van der Waals surface area (Å²) in [6.07, 6.45) is -6.08. The van der Waals surface area contributed by atoms with E-state index in [2.05, 4.69) is 9.97 Å². The lowest BCUT2D eigenvalue weighted by Crippen LogP contribution is -2.70. The molecule has 3 aromatic rings. The van der Waals surface area contributed by atoms with Gasteiger partial charge in [0.15, 0.2) is 11.7 Å². The van der Waals surface area contributed by atoms with Crippen molar-refractivity contribution in [1.29, 1.82) is 0 Å². The van der Waals surface area contributed by atoms with Crippen LogP contribution >= 0.6 is 11.3 Å². The Balaban J connectivity index is 1.52. The number of esters is 1. The number of hydrogen-bond acceptors (Lipinski definition) is 9.